The minimum atomic E-state index is -0.0633. The number of rotatable bonds is 3. The molecule has 0 spiro atoms. The van der Waals surface area contributed by atoms with Crippen molar-refractivity contribution in [2.24, 2.45) is 0 Å². The van der Waals surface area contributed by atoms with Crippen LogP contribution < -0.4 is 10.6 Å². The van der Waals surface area contributed by atoms with Gasteiger partial charge in [-0.2, -0.15) is 0 Å². The van der Waals surface area contributed by atoms with Gasteiger partial charge in [0.1, 0.15) is 0 Å². The Bertz CT molecular complexity index is 461. The molecule has 2 N–H and O–H groups in total. The van der Waals surface area contributed by atoms with Gasteiger partial charge in [-0.1, -0.05) is 0 Å². The zero-order chi connectivity index (χ0) is 13.1. The van der Waals surface area contributed by atoms with Crippen molar-refractivity contribution in [2.75, 3.05) is 6.54 Å². The summed E-state index contributed by atoms with van der Waals surface area (Å²) in [5.74, 6) is -0.0626. The molecule has 1 saturated heterocycles. The highest BCUT2D eigenvalue weighted by molar-refractivity contribution is 7.12. The Morgan fingerprint density at radius 2 is 2.21 bits per heavy atom. The molecule has 4 nitrogen and oxygen atoms in total. The van der Waals surface area contributed by atoms with E-state index in [4.69, 9.17) is 0 Å². The van der Waals surface area contributed by atoms with Crippen molar-refractivity contribution in [3.05, 3.63) is 21.9 Å². The lowest BCUT2D eigenvalue weighted by atomic mass is 10.0. The molecule has 0 aromatic carbocycles. The van der Waals surface area contributed by atoms with E-state index >= 15 is 0 Å². The van der Waals surface area contributed by atoms with Crippen molar-refractivity contribution in [3.63, 3.8) is 0 Å². The van der Waals surface area contributed by atoms with Crippen molar-refractivity contribution >= 4 is 35.4 Å². The van der Waals surface area contributed by atoms with E-state index in [1.54, 1.807) is 11.4 Å². The molecule has 19 heavy (non-hydrogen) atoms. The third-order valence-corrected chi connectivity index (χ3v) is 4.12. The van der Waals surface area contributed by atoms with Gasteiger partial charge in [-0.15, -0.1) is 23.7 Å². The average molecular weight is 303 g/mol. The Kier molecular flexibility index (Phi) is 5.97. The SMILES string of the molecule is CC(=O)c1csc(C(=O)NC2CCNC(C)C2)c1.Cl. The molecule has 106 valence electrons. The lowest BCUT2D eigenvalue weighted by Gasteiger charge is -2.28. The normalized spacial score (nSPS) is 22.4. The van der Waals surface area contributed by atoms with Crippen LogP contribution in [0.2, 0.25) is 0 Å². The van der Waals surface area contributed by atoms with Gasteiger partial charge in [-0.05, 0) is 39.3 Å². The summed E-state index contributed by atoms with van der Waals surface area (Å²) in [6.45, 7) is 4.57. The summed E-state index contributed by atoms with van der Waals surface area (Å²) in [6.07, 6.45) is 1.91. The fraction of sp³-hybridized carbons (Fsp3) is 0.538. The van der Waals surface area contributed by atoms with Gasteiger partial charge < -0.3 is 10.6 Å². The van der Waals surface area contributed by atoms with Gasteiger partial charge in [0.2, 0.25) is 0 Å². The average Bonchev–Trinajstić information content (AvgIpc) is 2.78. The van der Waals surface area contributed by atoms with Gasteiger partial charge >= 0.3 is 0 Å². The first-order valence-corrected chi connectivity index (χ1v) is 7.08. The fourth-order valence-corrected chi connectivity index (χ4v) is 3.01. The molecule has 0 radical (unpaired) electrons. The van der Waals surface area contributed by atoms with Crippen molar-refractivity contribution in [3.8, 4) is 0 Å². The smallest absolute Gasteiger partial charge is 0.261 e. The van der Waals surface area contributed by atoms with Crippen molar-refractivity contribution in [1.82, 2.24) is 10.6 Å². The number of Topliss-reactive ketones (excluding diaryl/α,β-unsaturated/α-hetero) is 1. The molecule has 1 amide bonds. The summed E-state index contributed by atoms with van der Waals surface area (Å²) in [5, 5.41) is 8.13. The zero-order valence-electron chi connectivity index (χ0n) is 11.1. The minimum Gasteiger partial charge on any atom is -0.349 e. The Hall–Kier alpha value is -0.910. The first kappa shape index (κ1) is 16.1. The monoisotopic (exact) mass is 302 g/mol. The maximum atomic E-state index is 12.0. The van der Waals surface area contributed by atoms with Crippen LogP contribution in [0.4, 0.5) is 0 Å². The fourth-order valence-electron chi connectivity index (χ4n) is 2.16. The summed E-state index contributed by atoms with van der Waals surface area (Å²) in [7, 11) is 0. The van der Waals surface area contributed by atoms with Crippen LogP contribution in [-0.4, -0.2) is 30.3 Å². The molecule has 2 atom stereocenters. The van der Waals surface area contributed by atoms with Gasteiger partial charge in [-0.25, -0.2) is 0 Å². The molecular formula is C13H19ClN2O2S. The number of hydrogen-bond donors (Lipinski definition) is 2. The van der Waals surface area contributed by atoms with Crippen molar-refractivity contribution in [2.45, 2.75) is 38.8 Å². The molecule has 6 heteroatoms. The van der Waals surface area contributed by atoms with E-state index in [-0.39, 0.29) is 30.1 Å². The molecular weight excluding hydrogens is 284 g/mol. The molecule has 0 saturated carbocycles. The highest BCUT2D eigenvalue weighted by Crippen LogP contribution is 2.16. The second-order valence-electron chi connectivity index (χ2n) is 4.81. The van der Waals surface area contributed by atoms with E-state index < -0.39 is 0 Å². The lowest BCUT2D eigenvalue weighted by Crippen LogP contribution is -2.46. The number of hydrogen-bond acceptors (Lipinski definition) is 4. The van der Waals surface area contributed by atoms with E-state index in [0.717, 1.165) is 19.4 Å². The van der Waals surface area contributed by atoms with Gasteiger partial charge in [-0.3, -0.25) is 9.59 Å². The summed E-state index contributed by atoms with van der Waals surface area (Å²) in [6, 6.07) is 2.35. The number of halogens is 1. The van der Waals surface area contributed by atoms with Gasteiger partial charge in [0.05, 0.1) is 4.88 Å². The van der Waals surface area contributed by atoms with Crippen LogP contribution in [-0.2, 0) is 0 Å². The lowest BCUT2D eigenvalue weighted by molar-refractivity contribution is 0.0929. The van der Waals surface area contributed by atoms with Crippen LogP contribution in [0.25, 0.3) is 0 Å². The topological polar surface area (TPSA) is 58.2 Å². The van der Waals surface area contributed by atoms with Gasteiger partial charge in [0.15, 0.2) is 5.78 Å². The van der Waals surface area contributed by atoms with Crippen LogP contribution in [0.5, 0.6) is 0 Å². The van der Waals surface area contributed by atoms with E-state index in [1.807, 2.05) is 0 Å². The van der Waals surface area contributed by atoms with E-state index in [0.29, 0.717) is 16.5 Å². The highest BCUT2D eigenvalue weighted by atomic mass is 35.5. The van der Waals surface area contributed by atoms with E-state index in [2.05, 4.69) is 17.6 Å². The highest BCUT2D eigenvalue weighted by Gasteiger charge is 2.21. The van der Waals surface area contributed by atoms with Crippen molar-refractivity contribution in [1.29, 1.82) is 0 Å². The number of thiophene rings is 1. The predicted octanol–water partition coefficient (Wildman–Crippen LogP) is 2.24. The molecule has 1 fully saturated rings. The van der Waals surface area contributed by atoms with Crippen LogP contribution in [0.1, 0.15) is 46.7 Å². The second kappa shape index (κ2) is 7.03. The molecule has 2 unspecified atom stereocenters. The molecule has 0 bridgehead atoms. The molecule has 1 aromatic heterocycles. The third kappa shape index (κ3) is 4.30. The van der Waals surface area contributed by atoms with E-state index in [9.17, 15) is 9.59 Å². The maximum absolute atomic E-state index is 12.0. The minimum absolute atomic E-state index is 0. The van der Waals surface area contributed by atoms with Gasteiger partial charge in [0, 0.05) is 23.0 Å². The van der Waals surface area contributed by atoms with Crippen LogP contribution >= 0.6 is 23.7 Å². The number of nitrogens with one attached hydrogen (secondary N) is 2. The third-order valence-electron chi connectivity index (χ3n) is 3.19. The summed E-state index contributed by atoms with van der Waals surface area (Å²) in [5.41, 5.74) is 0.615. The molecule has 0 aliphatic carbocycles. The molecule has 2 heterocycles. The number of carbonyl (C=O) groups excluding carboxylic acids is 2. The Labute approximate surface area is 123 Å². The number of piperidine rings is 1. The van der Waals surface area contributed by atoms with Gasteiger partial charge in [0.25, 0.3) is 5.91 Å². The first-order valence-electron chi connectivity index (χ1n) is 6.20. The largest absolute Gasteiger partial charge is 0.349 e. The second-order valence-corrected chi connectivity index (χ2v) is 5.72. The van der Waals surface area contributed by atoms with Crippen LogP contribution in [0, 0.1) is 0 Å². The maximum Gasteiger partial charge on any atom is 0.261 e. The zero-order valence-corrected chi connectivity index (χ0v) is 12.7. The first-order chi connectivity index (χ1) is 8.56. The van der Waals surface area contributed by atoms with Crippen LogP contribution in [0.3, 0.4) is 0 Å². The van der Waals surface area contributed by atoms with Crippen molar-refractivity contribution < 1.29 is 9.59 Å². The number of carbonyl (C=O) groups is 2. The van der Waals surface area contributed by atoms with Crippen LogP contribution in [0.15, 0.2) is 11.4 Å². The standard InChI is InChI=1S/C13H18N2O2S.ClH/c1-8-5-11(3-4-14-8)15-13(17)12-6-10(7-18-12)9(2)16;/h6-8,11,14H,3-5H2,1-2H3,(H,15,17);1H. The molecule has 2 rings (SSSR count). The summed E-state index contributed by atoms with van der Waals surface area (Å²) >= 11 is 1.33. The quantitative estimate of drug-likeness (QED) is 0.842. The number of ketones is 1. The molecule has 1 aliphatic rings. The summed E-state index contributed by atoms with van der Waals surface area (Å²) in [4.78, 5) is 23.8. The Balaban J connectivity index is 0.00000180. The molecule has 1 aliphatic heterocycles. The Morgan fingerprint density at radius 1 is 1.47 bits per heavy atom. The Morgan fingerprint density at radius 3 is 2.79 bits per heavy atom. The molecule has 1 aromatic rings. The number of amides is 1. The predicted molar refractivity (Wildman–Crippen MR) is 79.5 cm³/mol. The summed E-state index contributed by atoms with van der Waals surface area (Å²) < 4.78 is 0. The van der Waals surface area contributed by atoms with E-state index in [1.165, 1.54) is 18.3 Å².